The second kappa shape index (κ2) is 7.75. The van der Waals surface area contributed by atoms with Gasteiger partial charge in [0.1, 0.15) is 0 Å². The quantitative estimate of drug-likeness (QED) is 0.522. The maximum Gasteiger partial charge on any atom is 0.0780 e. The van der Waals surface area contributed by atoms with Crippen LogP contribution in [0.2, 0.25) is 0 Å². The highest BCUT2D eigenvalue weighted by Crippen LogP contribution is 2.39. The van der Waals surface area contributed by atoms with Gasteiger partial charge in [0.05, 0.1) is 18.8 Å². The molecule has 17 heavy (non-hydrogen) atoms. The van der Waals surface area contributed by atoms with Crippen LogP contribution in [0.25, 0.3) is 0 Å². The third kappa shape index (κ3) is 4.88. The monoisotopic (exact) mass is 306 g/mol. The molecule has 0 unspecified atom stereocenters. The van der Waals surface area contributed by atoms with E-state index in [-0.39, 0.29) is 5.60 Å². The summed E-state index contributed by atoms with van der Waals surface area (Å²) in [5.41, 5.74) is 0.0719. The van der Waals surface area contributed by atoms with E-state index in [9.17, 15) is 0 Å². The number of hydrogen-bond donors (Lipinski definition) is 0. The number of alkyl halides is 1. The van der Waals surface area contributed by atoms with Crippen LogP contribution in [0.1, 0.15) is 46.5 Å². The van der Waals surface area contributed by atoms with Crippen LogP contribution >= 0.6 is 15.9 Å². The molecule has 1 rings (SSSR count). The van der Waals surface area contributed by atoms with E-state index in [4.69, 9.17) is 9.47 Å². The maximum atomic E-state index is 6.08. The van der Waals surface area contributed by atoms with Crippen LogP contribution in [-0.2, 0) is 9.47 Å². The van der Waals surface area contributed by atoms with Crippen molar-refractivity contribution in [2.75, 3.05) is 25.2 Å². The van der Waals surface area contributed by atoms with Crippen LogP contribution in [0.15, 0.2) is 0 Å². The van der Waals surface area contributed by atoms with Crippen molar-refractivity contribution in [1.82, 2.24) is 0 Å². The summed E-state index contributed by atoms with van der Waals surface area (Å²) >= 11 is 3.63. The Kier molecular flexibility index (Phi) is 7.05. The Bertz CT molecular complexity index is 198. The highest BCUT2D eigenvalue weighted by Gasteiger charge is 2.35. The van der Waals surface area contributed by atoms with Gasteiger partial charge in [-0.05, 0) is 44.4 Å². The fourth-order valence-electron chi connectivity index (χ4n) is 2.61. The zero-order valence-corrected chi connectivity index (χ0v) is 13.1. The molecule has 2 nitrogen and oxygen atoms in total. The van der Waals surface area contributed by atoms with Crippen molar-refractivity contribution < 1.29 is 9.47 Å². The van der Waals surface area contributed by atoms with Crippen molar-refractivity contribution >= 4 is 15.9 Å². The zero-order chi connectivity index (χ0) is 12.7. The Labute approximate surface area is 115 Å². The van der Waals surface area contributed by atoms with Crippen LogP contribution < -0.4 is 0 Å². The molecule has 0 bridgehead atoms. The van der Waals surface area contributed by atoms with Crippen LogP contribution in [0.5, 0.6) is 0 Å². The fraction of sp³-hybridized carbons (Fsp3) is 1.00. The zero-order valence-electron chi connectivity index (χ0n) is 11.5. The minimum atomic E-state index is 0.0719. The molecule has 0 N–H and O–H groups in total. The average Bonchev–Trinajstić information content (AvgIpc) is 2.35. The summed E-state index contributed by atoms with van der Waals surface area (Å²) in [6.45, 7) is 8.92. The van der Waals surface area contributed by atoms with Gasteiger partial charge in [0.2, 0.25) is 0 Å². The molecule has 1 saturated carbocycles. The first-order valence-corrected chi connectivity index (χ1v) is 8.03. The van der Waals surface area contributed by atoms with Crippen molar-refractivity contribution in [3.8, 4) is 0 Å². The van der Waals surface area contributed by atoms with Crippen molar-refractivity contribution in [1.29, 1.82) is 0 Å². The predicted octanol–water partition coefficient (Wildman–Crippen LogP) is 4.02. The molecule has 102 valence electrons. The topological polar surface area (TPSA) is 18.5 Å². The van der Waals surface area contributed by atoms with Gasteiger partial charge in [-0.2, -0.15) is 0 Å². The van der Waals surface area contributed by atoms with E-state index in [1.54, 1.807) is 0 Å². The van der Waals surface area contributed by atoms with E-state index in [0.29, 0.717) is 0 Å². The number of rotatable bonds is 7. The normalized spacial score (nSPS) is 29.8. The van der Waals surface area contributed by atoms with E-state index in [1.165, 1.54) is 25.7 Å². The van der Waals surface area contributed by atoms with Crippen LogP contribution in [0.3, 0.4) is 0 Å². The minimum absolute atomic E-state index is 0.0719. The second-order valence-electron chi connectivity index (χ2n) is 5.44. The van der Waals surface area contributed by atoms with Gasteiger partial charge in [-0.25, -0.2) is 0 Å². The molecule has 3 heteroatoms. The van der Waals surface area contributed by atoms with E-state index in [2.05, 4.69) is 29.8 Å². The Balaban J connectivity index is 2.33. The van der Waals surface area contributed by atoms with E-state index >= 15 is 0 Å². The van der Waals surface area contributed by atoms with Crippen molar-refractivity contribution in [3.63, 3.8) is 0 Å². The molecule has 0 aromatic carbocycles. The average molecular weight is 307 g/mol. The summed E-state index contributed by atoms with van der Waals surface area (Å²) in [6.07, 6.45) is 4.98. The third-order valence-corrected chi connectivity index (χ3v) is 4.99. The van der Waals surface area contributed by atoms with Gasteiger partial charge in [-0.15, -0.1) is 0 Å². The summed E-state index contributed by atoms with van der Waals surface area (Å²) < 4.78 is 11.4. The highest BCUT2D eigenvalue weighted by molar-refractivity contribution is 9.09. The van der Waals surface area contributed by atoms with Gasteiger partial charge >= 0.3 is 0 Å². The maximum absolute atomic E-state index is 6.08. The van der Waals surface area contributed by atoms with Gasteiger partial charge < -0.3 is 9.47 Å². The molecule has 0 saturated heterocycles. The summed E-state index contributed by atoms with van der Waals surface area (Å²) in [7, 11) is 0. The fourth-order valence-corrected chi connectivity index (χ4v) is 3.33. The predicted molar refractivity (Wildman–Crippen MR) is 75.8 cm³/mol. The van der Waals surface area contributed by atoms with Gasteiger partial charge in [0.25, 0.3) is 0 Å². The van der Waals surface area contributed by atoms with Gasteiger partial charge in [0.15, 0.2) is 0 Å². The van der Waals surface area contributed by atoms with Crippen molar-refractivity contribution in [2.24, 2.45) is 11.8 Å². The molecule has 0 heterocycles. The Morgan fingerprint density at radius 1 is 1.24 bits per heavy atom. The number of halogens is 1. The molecule has 0 spiro atoms. The molecule has 1 fully saturated rings. The van der Waals surface area contributed by atoms with Crippen molar-refractivity contribution in [2.45, 2.75) is 52.1 Å². The van der Waals surface area contributed by atoms with Crippen LogP contribution in [0.4, 0.5) is 0 Å². The largest absolute Gasteiger partial charge is 0.379 e. The highest BCUT2D eigenvalue weighted by atomic mass is 79.9. The van der Waals surface area contributed by atoms with E-state index in [1.807, 2.05) is 6.92 Å². The molecular formula is C14H27BrO2. The Morgan fingerprint density at radius 3 is 2.35 bits per heavy atom. The first-order chi connectivity index (χ1) is 8.13. The van der Waals surface area contributed by atoms with Gasteiger partial charge in [-0.1, -0.05) is 29.8 Å². The Morgan fingerprint density at radius 2 is 1.88 bits per heavy atom. The second-order valence-corrected chi connectivity index (χ2v) is 6.00. The molecule has 0 atom stereocenters. The lowest BCUT2D eigenvalue weighted by Gasteiger charge is -2.40. The minimum Gasteiger partial charge on any atom is -0.379 e. The summed E-state index contributed by atoms with van der Waals surface area (Å²) in [5, 5.41) is 0.955. The molecule has 0 amide bonds. The van der Waals surface area contributed by atoms with Crippen LogP contribution in [0, 0.1) is 11.8 Å². The van der Waals surface area contributed by atoms with Crippen LogP contribution in [-0.4, -0.2) is 30.8 Å². The van der Waals surface area contributed by atoms with Crippen molar-refractivity contribution in [3.05, 3.63) is 0 Å². The lowest BCUT2D eigenvalue weighted by Crippen LogP contribution is -2.40. The number of hydrogen-bond acceptors (Lipinski definition) is 2. The van der Waals surface area contributed by atoms with E-state index in [0.717, 1.165) is 37.0 Å². The number of ether oxygens (including phenoxy) is 2. The van der Waals surface area contributed by atoms with Gasteiger partial charge in [0, 0.05) is 11.9 Å². The lowest BCUT2D eigenvalue weighted by atomic mass is 9.75. The smallest absolute Gasteiger partial charge is 0.0780 e. The third-order valence-electron chi connectivity index (χ3n) is 3.97. The molecule has 0 aromatic heterocycles. The molecular weight excluding hydrogens is 280 g/mol. The molecule has 1 aliphatic carbocycles. The molecule has 1 aliphatic rings. The Hall–Kier alpha value is 0.400. The summed E-state index contributed by atoms with van der Waals surface area (Å²) in [6, 6.07) is 0. The molecule has 0 aromatic rings. The summed E-state index contributed by atoms with van der Waals surface area (Å²) in [4.78, 5) is 0. The van der Waals surface area contributed by atoms with Gasteiger partial charge in [-0.3, -0.25) is 0 Å². The molecule has 0 radical (unpaired) electrons. The first kappa shape index (κ1) is 15.5. The molecule has 0 aliphatic heterocycles. The lowest BCUT2D eigenvalue weighted by molar-refractivity contribution is -0.0804. The standard InChI is InChI=1S/C14H27BrO2/c1-4-16-9-10-17-14(11-15)7-5-13(6-8-14)12(2)3/h12-13H,4-11H2,1-3H3. The first-order valence-electron chi connectivity index (χ1n) is 6.91. The summed E-state index contributed by atoms with van der Waals surface area (Å²) in [5.74, 6) is 1.70. The van der Waals surface area contributed by atoms with E-state index < -0.39 is 0 Å². The SMILES string of the molecule is CCOCCOC1(CBr)CCC(C(C)C)CC1.